The molecule has 1 aromatic heterocycles. The average molecular weight is 220 g/mol. The van der Waals surface area contributed by atoms with Gasteiger partial charge in [-0.25, -0.2) is 9.78 Å². The second-order valence-corrected chi connectivity index (χ2v) is 4.38. The molecule has 1 heterocycles. The van der Waals surface area contributed by atoms with E-state index in [4.69, 9.17) is 5.11 Å². The minimum atomic E-state index is -0.973. The lowest BCUT2D eigenvalue weighted by Crippen LogP contribution is -2.29. The summed E-state index contributed by atoms with van der Waals surface area (Å²) in [4.78, 5) is 16.7. The van der Waals surface area contributed by atoms with Crippen LogP contribution >= 0.6 is 0 Å². The minimum absolute atomic E-state index is 0.109. The SMILES string of the molecule is CN(CC1CCC1)c1ccnc(C(=O)O)c1. The molecule has 0 radical (unpaired) electrons. The number of carboxylic acids is 1. The second-order valence-electron chi connectivity index (χ2n) is 4.38. The van der Waals surface area contributed by atoms with E-state index in [0.717, 1.165) is 18.2 Å². The Morgan fingerprint density at radius 3 is 2.94 bits per heavy atom. The summed E-state index contributed by atoms with van der Waals surface area (Å²) in [5.74, 6) is -0.203. The molecule has 0 saturated heterocycles. The molecule has 16 heavy (non-hydrogen) atoms. The number of rotatable bonds is 4. The lowest BCUT2D eigenvalue weighted by atomic mass is 9.85. The van der Waals surface area contributed by atoms with Gasteiger partial charge < -0.3 is 10.0 Å². The quantitative estimate of drug-likeness (QED) is 0.843. The number of pyridine rings is 1. The van der Waals surface area contributed by atoms with Crippen LogP contribution in [0.25, 0.3) is 0 Å². The van der Waals surface area contributed by atoms with Crippen molar-refractivity contribution in [2.45, 2.75) is 19.3 Å². The van der Waals surface area contributed by atoms with Crippen LogP contribution in [0.5, 0.6) is 0 Å². The Hall–Kier alpha value is -1.58. The van der Waals surface area contributed by atoms with Crippen molar-refractivity contribution < 1.29 is 9.90 Å². The smallest absolute Gasteiger partial charge is 0.354 e. The normalized spacial score (nSPS) is 15.6. The molecule has 1 N–H and O–H groups in total. The van der Waals surface area contributed by atoms with E-state index in [0.29, 0.717) is 0 Å². The number of hydrogen-bond donors (Lipinski definition) is 1. The molecule has 4 heteroatoms. The van der Waals surface area contributed by atoms with E-state index in [9.17, 15) is 4.79 Å². The Morgan fingerprint density at radius 1 is 1.62 bits per heavy atom. The maximum atomic E-state index is 10.8. The van der Waals surface area contributed by atoms with Crippen LogP contribution in [-0.4, -0.2) is 29.7 Å². The lowest BCUT2D eigenvalue weighted by molar-refractivity contribution is 0.0690. The first kappa shape index (κ1) is 10.9. The maximum absolute atomic E-state index is 10.8. The molecule has 2 rings (SSSR count). The van der Waals surface area contributed by atoms with Gasteiger partial charge in [0.2, 0.25) is 0 Å². The molecule has 0 bridgehead atoms. The van der Waals surface area contributed by atoms with Crippen LogP contribution in [0.4, 0.5) is 5.69 Å². The van der Waals surface area contributed by atoms with Crippen molar-refractivity contribution in [1.29, 1.82) is 0 Å². The number of nitrogens with zero attached hydrogens (tertiary/aromatic N) is 2. The van der Waals surface area contributed by atoms with E-state index < -0.39 is 5.97 Å². The van der Waals surface area contributed by atoms with Gasteiger partial charge in [0.25, 0.3) is 0 Å². The van der Waals surface area contributed by atoms with Gasteiger partial charge in [0.1, 0.15) is 5.69 Å². The third kappa shape index (κ3) is 2.32. The zero-order valence-corrected chi connectivity index (χ0v) is 9.39. The molecule has 0 unspecified atom stereocenters. The fourth-order valence-electron chi connectivity index (χ4n) is 1.94. The Kier molecular flexibility index (Phi) is 3.08. The van der Waals surface area contributed by atoms with Crippen LogP contribution in [0.15, 0.2) is 18.3 Å². The van der Waals surface area contributed by atoms with Gasteiger partial charge in [0.05, 0.1) is 0 Å². The molecular formula is C12H16N2O2. The van der Waals surface area contributed by atoms with Crippen LogP contribution < -0.4 is 4.90 Å². The molecule has 0 aromatic carbocycles. The summed E-state index contributed by atoms with van der Waals surface area (Å²) in [6, 6.07) is 3.48. The molecule has 1 aliphatic rings. The van der Waals surface area contributed by atoms with Gasteiger partial charge >= 0.3 is 5.97 Å². The fraction of sp³-hybridized carbons (Fsp3) is 0.500. The minimum Gasteiger partial charge on any atom is -0.477 e. The molecule has 1 aromatic rings. The summed E-state index contributed by atoms with van der Waals surface area (Å²) in [6.07, 6.45) is 5.47. The largest absolute Gasteiger partial charge is 0.477 e. The summed E-state index contributed by atoms with van der Waals surface area (Å²) in [7, 11) is 2.00. The molecule has 4 nitrogen and oxygen atoms in total. The van der Waals surface area contributed by atoms with Gasteiger partial charge in [-0.3, -0.25) is 0 Å². The number of anilines is 1. The van der Waals surface area contributed by atoms with Crippen LogP contribution in [-0.2, 0) is 0 Å². The molecule has 86 valence electrons. The summed E-state index contributed by atoms with van der Waals surface area (Å²) in [5.41, 5.74) is 1.04. The Balaban J connectivity index is 2.06. The molecule has 0 spiro atoms. The topological polar surface area (TPSA) is 53.4 Å². The summed E-state index contributed by atoms with van der Waals surface area (Å²) in [6.45, 7) is 1.00. The lowest BCUT2D eigenvalue weighted by Gasteiger charge is -2.31. The molecule has 0 atom stereocenters. The molecule has 0 aliphatic heterocycles. The highest BCUT2D eigenvalue weighted by atomic mass is 16.4. The van der Waals surface area contributed by atoms with Gasteiger partial charge in [-0.2, -0.15) is 0 Å². The third-order valence-electron chi connectivity index (χ3n) is 3.16. The molecule has 1 aliphatic carbocycles. The highest BCUT2D eigenvalue weighted by Crippen LogP contribution is 2.28. The fourth-order valence-corrected chi connectivity index (χ4v) is 1.94. The van der Waals surface area contributed by atoms with Crippen molar-refractivity contribution >= 4 is 11.7 Å². The Bertz CT molecular complexity index is 388. The van der Waals surface area contributed by atoms with Gasteiger partial charge in [0, 0.05) is 25.5 Å². The molecular weight excluding hydrogens is 204 g/mol. The van der Waals surface area contributed by atoms with Gasteiger partial charge in [0.15, 0.2) is 0 Å². The van der Waals surface area contributed by atoms with E-state index in [1.807, 2.05) is 13.1 Å². The third-order valence-corrected chi connectivity index (χ3v) is 3.16. The number of carboxylic acid groups (broad SMARTS) is 1. The van der Waals surface area contributed by atoms with E-state index in [1.54, 1.807) is 12.3 Å². The highest BCUT2D eigenvalue weighted by molar-refractivity contribution is 5.86. The highest BCUT2D eigenvalue weighted by Gasteiger charge is 2.19. The predicted octanol–water partition coefficient (Wildman–Crippen LogP) is 2.02. The maximum Gasteiger partial charge on any atom is 0.354 e. The summed E-state index contributed by atoms with van der Waals surface area (Å²) >= 11 is 0. The average Bonchev–Trinajstić information content (AvgIpc) is 2.23. The first-order chi connectivity index (χ1) is 7.66. The zero-order chi connectivity index (χ0) is 11.5. The van der Waals surface area contributed by atoms with Gasteiger partial charge in [-0.1, -0.05) is 6.42 Å². The van der Waals surface area contributed by atoms with E-state index in [2.05, 4.69) is 9.88 Å². The van der Waals surface area contributed by atoms with Crippen molar-refractivity contribution in [1.82, 2.24) is 4.98 Å². The second kappa shape index (κ2) is 4.51. The van der Waals surface area contributed by atoms with Crippen molar-refractivity contribution in [3.63, 3.8) is 0 Å². The number of hydrogen-bond acceptors (Lipinski definition) is 3. The monoisotopic (exact) mass is 220 g/mol. The number of aromatic carboxylic acids is 1. The van der Waals surface area contributed by atoms with Crippen LogP contribution in [0.2, 0.25) is 0 Å². The van der Waals surface area contributed by atoms with Crippen molar-refractivity contribution in [2.75, 3.05) is 18.5 Å². The Labute approximate surface area is 94.9 Å². The van der Waals surface area contributed by atoms with E-state index >= 15 is 0 Å². The van der Waals surface area contributed by atoms with Crippen molar-refractivity contribution in [2.24, 2.45) is 5.92 Å². The Morgan fingerprint density at radius 2 is 2.38 bits per heavy atom. The number of aromatic nitrogens is 1. The summed E-state index contributed by atoms with van der Waals surface area (Å²) < 4.78 is 0. The summed E-state index contributed by atoms with van der Waals surface area (Å²) in [5, 5.41) is 8.85. The predicted molar refractivity (Wildman–Crippen MR) is 61.8 cm³/mol. The van der Waals surface area contributed by atoms with Crippen molar-refractivity contribution in [3.05, 3.63) is 24.0 Å². The van der Waals surface area contributed by atoms with Crippen LogP contribution in [0, 0.1) is 5.92 Å². The first-order valence-electron chi connectivity index (χ1n) is 5.57. The zero-order valence-electron chi connectivity index (χ0n) is 9.39. The van der Waals surface area contributed by atoms with Gasteiger partial charge in [-0.05, 0) is 30.9 Å². The molecule has 0 amide bonds. The van der Waals surface area contributed by atoms with E-state index in [1.165, 1.54) is 19.3 Å². The number of carbonyl (C=O) groups is 1. The first-order valence-corrected chi connectivity index (χ1v) is 5.57. The molecule has 1 saturated carbocycles. The molecule has 1 fully saturated rings. The van der Waals surface area contributed by atoms with Gasteiger partial charge in [-0.15, -0.1) is 0 Å². The standard InChI is InChI=1S/C12H16N2O2/c1-14(8-9-3-2-4-9)10-5-6-13-11(7-10)12(15)16/h5-7,9H,2-4,8H2,1H3,(H,15,16). The van der Waals surface area contributed by atoms with Crippen molar-refractivity contribution in [3.8, 4) is 0 Å². The van der Waals surface area contributed by atoms with Crippen LogP contribution in [0.3, 0.4) is 0 Å². The van der Waals surface area contributed by atoms with E-state index in [-0.39, 0.29) is 5.69 Å². The van der Waals surface area contributed by atoms with Crippen LogP contribution in [0.1, 0.15) is 29.8 Å².